The maximum Gasteiger partial charge on any atom is 0.272 e. The lowest BCUT2D eigenvalue weighted by molar-refractivity contribution is -0.122. The summed E-state index contributed by atoms with van der Waals surface area (Å²) in [5.74, 6) is -0.943. The number of nitrogens with two attached hydrogens (primary N) is 1. The molecule has 4 rings (SSSR count). The van der Waals surface area contributed by atoms with E-state index >= 15 is 0 Å². The number of aromatic nitrogens is 2. The van der Waals surface area contributed by atoms with Crippen molar-refractivity contribution in [2.45, 2.75) is 17.7 Å². The largest absolute Gasteiger partial charge is 0.369 e. The molecule has 136 valence electrons. The number of hydrogen-bond donors (Lipinski definition) is 3. The molecule has 1 unspecified atom stereocenters. The number of nitrogens with zero attached hydrogens (tertiary/aromatic N) is 1. The highest BCUT2D eigenvalue weighted by molar-refractivity contribution is 7.89. The standard InChI is InChI=1S/C17H18N4O4S/c18-16(22)10-2-1-7-21(9-10)26(24,25)11-3-4-14-13(8-11)12-5-6-19-15(12)17(23)20-14/h3-6,8,10,19H,1-2,7,9H2,(H2,18,22)(H,20,23). The van der Waals surface area contributed by atoms with Crippen LogP contribution in [-0.4, -0.2) is 41.7 Å². The maximum absolute atomic E-state index is 13.0. The summed E-state index contributed by atoms with van der Waals surface area (Å²) >= 11 is 0. The highest BCUT2D eigenvalue weighted by Gasteiger charge is 2.32. The monoisotopic (exact) mass is 374 g/mol. The molecular weight excluding hydrogens is 356 g/mol. The van der Waals surface area contributed by atoms with Crippen molar-refractivity contribution >= 4 is 37.7 Å². The molecule has 0 radical (unpaired) electrons. The molecule has 0 aliphatic carbocycles. The number of piperidine rings is 1. The van der Waals surface area contributed by atoms with Crippen LogP contribution in [0.4, 0.5) is 0 Å². The van der Waals surface area contributed by atoms with E-state index in [4.69, 9.17) is 5.73 Å². The molecular formula is C17H18N4O4S. The molecule has 1 aromatic carbocycles. The van der Waals surface area contributed by atoms with Crippen molar-refractivity contribution in [1.29, 1.82) is 0 Å². The van der Waals surface area contributed by atoms with Crippen LogP contribution in [-0.2, 0) is 14.8 Å². The molecule has 9 heteroatoms. The number of carbonyl (C=O) groups excluding carboxylic acids is 1. The zero-order valence-electron chi connectivity index (χ0n) is 13.9. The Balaban J connectivity index is 1.81. The van der Waals surface area contributed by atoms with Crippen molar-refractivity contribution < 1.29 is 13.2 Å². The third kappa shape index (κ3) is 2.60. The topological polar surface area (TPSA) is 129 Å². The van der Waals surface area contributed by atoms with Gasteiger partial charge < -0.3 is 15.7 Å². The fourth-order valence-corrected chi connectivity index (χ4v) is 5.07. The Kier molecular flexibility index (Phi) is 3.85. The van der Waals surface area contributed by atoms with Gasteiger partial charge >= 0.3 is 0 Å². The number of rotatable bonds is 3. The zero-order chi connectivity index (χ0) is 18.5. The van der Waals surface area contributed by atoms with E-state index in [9.17, 15) is 18.0 Å². The molecule has 1 aliphatic heterocycles. The van der Waals surface area contributed by atoms with Crippen LogP contribution >= 0.6 is 0 Å². The van der Waals surface area contributed by atoms with E-state index in [-0.39, 0.29) is 17.0 Å². The second-order valence-corrected chi connectivity index (χ2v) is 8.47. The number of pyridine rings is 1. The molecule has 8 nitrogen and oxygen atoms in total. The molecule has 2 aromatic heterocycles. The van der Waals surface area contributed by atoms with Gasteiger partial charge in [0.2, 0.25) is 15.9 Å². The lowest BCUT2D eigenvalue weighted by atomic mass is 9.99. The van der Waals surface area contributed by atoms with Crippen molar-refractivity contribution in [3.63, 3.8) is 0 Å². The first-order valence-corrected chi connectivity index (χ1v) is 9.74. The van der Waals surface area contributed by atoms with Crippen molar-refractivity contribution in [3.8, 4) is 0 Å². The minimum absolute atomic E-state index is 0.0981. The molecule has 1 saturated heterocycles. The van der Waals surface area contributed by atoms with Gasteiger partial charge in [0.15, 0.2) is 0 Å². The van der Waals surface area contributed by atoms with Gasteiger partial charge in [-0.1, -0.05) is 0 Å². The van der Waals surface area contributed by atoms with E-state index < -0.39 is 21.8 Å². The molecule has 0 spiro atoms. The smallest absolute Gasteiger partial charge is 0.272 e. The van der Waals surface area contributed by atoms with Crippen molar-refractivity contribution in [2.24, 2.45) is 11.7 Å². The Morgan fingerprint density at radius 3 is 2.81 bits per heavy atom. The second kappa shape index (κ2) is 5.96. The third-order valence-electron chi connectivity index (χ3n) is 4.93. The van der Waals surface area contributed by atoms with Crippen LogP contribution in [0, 0.1) is 5.92 Å². The number of primary amides is 1. The van der Waals surface area contributed by atoms with Gasteiger partial charge in [0, 0.05) is 35.6 Å². The van der Waals surface area contributed by atoms with Gasteiger partial charge in [-0.2, -0.15) is 4.31 Å². The molecule has 3 heterocycles. The normalized spacial score (nSPS) is 19.2. The summed E-state index contributed by atoms with van der Waals surface area (Å²) in [5, 5.41) is 1.31. The molecule has 4 N–H and O–H groups in total. The quantitative estimate of drug-likeness (QED) is 0.629. The van der Waals surface area contributed by atoms with E-state index in [2.05, 4.69) is 9.97 Å². The Hall–Kier alpha value is -2.65. The zero-order valence-corrected chi connectivity index (χ0v) is 14.7. The SMILES string of the molecule is NC(=O)C1CCCN(S(=O)(=O)c2ccc3[nH]c(=O)c4[nH]ccc4c3c2)C1. The van der Waals surface area contributed by atoms with Gasteiger partial charge in [0.25, 0.3) is 5.56 Å². The maximum atomic E-state index is 13.0. The summed E-state index contributed by atoms with van der Waals surface area (Å²) in [6, 6.07) is 6.36. The number of aromatic amines is 2. The predicted molar refractivity (Wildman–Crippen MR) is 97.1 cm³/mol. The Morgan fingerprint density at radius 1 is 1.23 bits per heavy atom. The number of sulfonamides is 1. The van der Waals surface area contributed by atoms with E-state index in [0.717, 1.165) is 0 Å². The molecule has 26 heavy (non-hydrogen) atoms. The third-order valence-corrected chi connectivity index (χ3v) is 6.79. The molecule has 1 aliphatic rings. The summed E-state index contributed by atoms with van der Waals surface area (Å²) in [7, 11) is -3.76. The first-order chi connectivity index (χ1) is 12.4. The number of carbonyl (C=O) groups is 1. The lowest BCUT2D eigenvalue weighted by Crippen LogP contribution is -2.44. The molecule has 1 fully saturated rings. The van der Waals surface area contributed by atoms with Crippen LogP contribution in [0.1, 0.15) is 12.8 Å². The predicted octanol–water partition coefficient (Wildman–Crippen LogP) is 0.895. The second-order valence-electron chi connectivity index (χ2n) is 6.53. The van der Waals surface area contributed by atoms with Gasteiger partial charge in [-0.3, -0.25) is 9.59 Å². The van der Waals surface area contributed by atoms with Crippen LogP contribution in [0.15, 0.2) is 40.2 Å². The summed E-state index contributed by atoms with van der Waals surface area (Å²) < 4.78 is 27.4. The first-order valence-electron chi connectivity index (χ1n) is 8.30. The fourth-order valence-electron chi connectivity index (χ4n) is 3.52. The fraction of sp³-hybridized carbons (Fsp3) is 0.294. The molecule has 0 bridgehead atoms. The summed E-state index contributed by atoms with van der Waals surface area (Å²) in [5.41, 5.74) is 6.06. The number of amides is 1. The summed E-state index contributed by atoms with van der Waals surface area (Å²) in [4.78, 5) is 29.2. The van der Waals surface area contributed by atoms with Crippen molar-refractivity contribution in [3.05, 3.63) is 40.8 Å². The average Bonchev–Trinajstić information content (AvgIpc) is 3.12. The minimum atomic E-state index is -3.76. The number of nitrogens with one attached hydrogen (secondary N) is 2. The van der Waals surface area contributed by atoms with Crippen molar-refractivity contribution in [2.75, 3.05) is 13.1 Å². The highest BCUT2D eigenvalue weighted by atomic mass is 32.2. The van der Waals surface area contributed by atoms with Gasteiger partial charge in [-0.15, -0.1) is 0 Å². The van der Waals surface area contributed by atoms with E-state index in [1.807, 2.05) is 0 Å². The molecule has 3 aromatic rings. The molecule has 1 amide bonds. The number of hydrogen-bond acceptors (Lipinski definition) is 4. The average molecular weight is 374 g/mol. The van der Waals surface area contributed by atoms with E-state index in [1.165, 1.54) is 10.4 Å². The number of benzene rings is 1. The first kappa shape index (κ1) is 16.8. The Bertz CT molecular complexity index is 1180. The van der Waals surface area contributed by atoms with Gasteiger partial charge in [0.1, 0.15) is 5.52 Å². The Morgan fingerprint density at radius 2 is 2.04 bits per heavy atom. The highest BCUT2D eigenvalue weighted by Crippen LogP contribution is 2.28. The number of fused-ring (bicyclic) bond motifs is 3. The summed E-state index contributed by atoms with van der Waals surface area (Å²) in [6.07, 6.45) is 2.84. The molecule has 0 saturated carbocycles. The van der Waals surface area contributed by atoms with Crippen LogP contribution in [0.2, 0.25) is 0 Å². The van der Waals surface area contributed by atoms with Crippen LogP contribution < -0.4 is 11.3 Å². The van der Waals surface area contributed by atoms with Crippen LogP contribution in [0.5, 0.6) is 0 Å². The van der Waals surface area contributed by atoms with Gasteiger partial charge in [-0.05, 0) is 37.1 Å². The lowest BCUT2D eigenvalue weighted by Gasteiger charge is -2.30. The van der Waals surface area contributed by atoms with E-state index in [0.29, 0.717) is 41.2 Å². The van der Waals surface area contributed by atoms with E-state index in [1.54, 1.807) is 24.4 Å². The minimum Gasteiger partial charge on any atom is -0.369 e. The summed E-state index contributed by atoms with van der Waals surface area (Å²) in [6.45, 7) is 0.455. The van der Waals surface area contributed by atoms with Gasteiger partial charge in [0.05, 0.1) is 10.8 Å². The van der Waals surface area contributed by atoms with Crippen LogP contribution in [0.25, 0.3) is 21.8 Å². The van der Waals surface area contributed by atoms with Crippen LogP contribution in [0.3, 0.4) is 0 Å². The van der Waals surface area contributed by atoms with Gasteiger partial charge in [-0.25, -0.2) is 8.42 Å². The molecule has 1 atom stereocenters. The Labute approximate surface area is 149 Å². The van der Waals surface area contributed by atoms with Crippen molar-refractivity contribution in [1.82, 2.24) is 14.3 Å². The number of H-pyrrole nitrogens is 2.